The summed E-state index contributed by atoms with van der Waals surface area (Å²) in [7, 11) is 0. The number of amides is 1. The molecule has 0 aliphatic heterocycles. The van der Waals surface area contributed by atoms with E-state index in [9.17, 15) is 9.90 Å². The molecule has 0 saturated heterocycles. The Morgan fingerprint density at radius 3 is 2.76 bits per heavy atom. The third kappa shape index (κ3) is 4.06. The van der Waals surface area contributed by atoms with Gasteiger partial charge >= 0.3 is 0 Å². The predicted octanol–water partition coefficient (Wildman–Crippen LogP) is 2.65. The molecule has 0 bridgehead atoms. The lowest BCUT2D eigenvalue weighted by Gasteiger charge is -2.20. The number of carbonyl (C=O) groups is 1. The Balaban J connectivity index is 2.06. The van der Waals surface area contributed by atoms with Crippen LogP contribution < -0.4 is 5.32 Å². The Kier molecular flexibility index (Phi) is 5.78. The zero-order valence-corrected chi connectivity index (χ0v) is 13.6. The van der Waals surface area contributed by atoms with Crippen molar-refractivity contribution in [3.8, 4) is 10.6 Å². The van der Waals surface area contributed by atoms with E-state index in [-0.39, 0.29) is 23.8 Å². The maximum atomic E-state index is 12.2. The van der Waals surface area contributed by atoms with Gasteiger partial charge in [-0.3, -0.25) is 4.79 Å². The highest BCUT2D eigenvalue weighted by Crippen LogP contribution is 2.25. The van der Waals surface area contributed by atoms with E-state index in [4.69, 9.17) is 0 Å². The predicted molar refractivity (Wildman–Crippen MR) is 88.9 cm³/mol. The van der Waals surface area contributed by atoms with Crippen molar-refractivity contribution < 1.29 is 9.90 Å². The molecule has 2 rings (SSSR count). The highest BCUT2D eigenvalue weighted by Gasteiger charge is 2.19. The number of aromatic nitrogens is 1. The number of hydrogen-bond acceptors (Lipinski definition) is 5. The molecule has 112 valence electrons. The molecule has 4 nitrogen and oxygen atoms in total. The summed E-state index contributed by atoms with van der Waals surface area (Å²) in [5.41, 5.74) is 1.01. The number of carbonyl (C=O) groups excluding carboxylic acids is 1. The van der Waals surface area contributed by atoms with Crippen LogP contribution in [0.1, 0.15) is 16.6 Å². The number of thiazole rings is 1. The molecule has 1 amide bonds. The summed E-state index contributed by atoms with van der Waals surface area (Å²) in [6, 6.07) is 9.69. The lowest BCUT2D eigenvalue weighted by Crippen LogP contribution is -2.40. The van der Waals surface area contributed by atoms with Gasteiger partial charge in [-0.05, 0) is 13.2 Å². The van der Waals surface area contributed by atoms with Crippen molar-refractivity contribution in [2.45, 2.75) is 18.2 Å². The molecule has 0 saturated carbocycles. The molecule has 1 heterocycles. The normalized spacial score (nSPS) is 13.7. The Labute approximate surface area is 132 Å². The Morgan fingerprint density at radius 2 is 2.14 bits per heavy atom. The van der Waals surface area contributed by atoms with Crippen LogP contribution in [-0.2, 0) is 0 Å². The summed E-state index contributed by atoms with van der Waals surface area (Å²) in [6.45, 7) is 1.94. The number of nitrogens with zero attached hydrogens (tertiary/aromatic N) is 1. The van der Waals surface area contributed by atoms with E-state index in [1.165, 1.54) is 11.3 Å². The van der Waals surface area contributed by atoms with Crippen molar-refractivity contribution in [1.29, 1.82) is 0 Å². The zero-order chi connectivity index (χ0) is 15.2. The smallest absolute Gasteiger partial charge is 0.263 e. The topological polar surface area (TPSA) is 62.2 Å². The third-order valence-electron chi connectivity index (χ3n) is 3.15. The number of hydrogen-bond donors (Lipinski definition) is 2. The summed E-state index contributed by atoms with van der Waals surface area (Å²) in [6.07, 6.45) is 3.52. The number of aliphatic hydroxyl groups excluding tert-OH is 1. The van der Waals surface area contributed by atoms with Gasteiger partial charge < -0.3 is 10.4 Å². The molecule has 1 aromatic carbocycles. The van der Waals surface area contributed by atoms with Gasteiger partial charge in [0.25, 0.3) is 5.91 Å². The average molecular weight is 322 g/mol. The van der Waals surface area contributed by atoms with Crippen molar-refractivity contribution in [1.82, 2.24) is 10.3 Å². The molecular formula is C15H18N2O2S2. The zero-order valence-electron chi connectivity index (χ0n) is 11.9. The molecule has 0 spiro atoms. The number of benzene rings is 1. The highest BCUT2D eigenvalue weighted by atomic mass is 32.2. The molecule has 2 N–H and O–H groups in total. The second kappa shape index (κ2) is 7.59. The SMILES string of the molecule is CSC(CO)C(C)NC(=O)c1cnc(-c2ccccc2)s1. The van der Waals surface area contributed by atoms with Crippen LogP contribution in [0.3, 0.4) is 0 Å². The highest BCUT2D eigenvalue weighted by molar-refractivity contribution is 7.99. The van der Waals surface area contributed by atoms with Crippen LogP contribution in [0.2, 0.25) is 0 Å². The van der Waals surface area contributed by atoms with E-state index in [1.807, 2.05) is 43.5 Å². The first-order chi connectivity index (χ1) is 10.2. The Bertz CT molecular complexity index is 582. The molecule has 0 fully saturated rings. The Hall–Kier alpha value is -1.37. The maximum absolute atomic E-state index is 12.2. The van der Waals surface area contributed by atoms with Crippen LogP contribution in [-0.4, -0.2) is 40.2 Å². The van der Waals surface area contributed by atoms with Crippen molar-refractivity contribution in [3.63, 3.8) is 0 Å². The van der Waals surface area contributed by atoms with Crippen LogP contribution in [0.25, 0.3) is 10.6 Å². The van der Waals surface area contributed by atoms with Gasteiger partial charge in [-0.25, -0.2) is 4.98 Å². The van der Waals surface area contributed by atoms with Gasteiger partial charge in [0.05, 0.1) is 12.8 Å². The van der Waals surface area contributed by atoms with Gasteiger partial charge in [0.2, 0.25) is 0 Å². The monoisotopic (exact) mass is 322 g/mol. The average Bonchev–Trinajstić information content (AvgIpc) is 2.99. The fourth-order valence-electron chi connectivity index (χ4n) is 1.90. The minimum Gasteiger partial charge on any atom is -0.395 e. The molecule has 6 heteroatoms. The van der Waals surface area contributed by atoms with E-state index in [2.05, 4.69) is 10.3 Å². The summed E-state index contributed by atoms with van der Waals surface area (Å²) in [5.74, 6) is -0.144. The summed E-state index contributed by atoms with van der Waals surface area (Å²) >= 11 is 2.91. The molecule has 0 radical (unpaired) electrons. The summed E-state index contributed by atoms with van der Waals surface area (Å²) < 4.78 is 0. The standard InChI is InChI=1S/C15H18N2O2S2/c1-10(13(9-18)20-2)17-14(19)12-8-16-15(21-12)11-6-4-3-5-7-11/h3-8,10,13,18H,9H2,1-2H3,(H,17,19). The minimum absolute atomic E-state index is 0.00420. The van der Waals surface area contributed by atoms with Gasteiger partial charge in [-0.15, -0.1) is 11.3 Å². The van der Waals surface area contributed by atoms with Crippen molar-refractivity contribution >= 4 is 29.0 Å². The van der Waals surface area contributed by atoms with Gasteiger partial charge in [0, 0.05) is 16.9 Å². The van der Waals surface area contributed by atoms with Crippen molar-refractivity contribution in [3.05, 3.63) is 41.4 Å². The van der Waals surface area contributed by atoms with Gasteiger partial charge in [0.15, 0.2) is 0 Å². The second-order valence-electron chi connectivity index (χ2n) is 4.61. The lowest BCUT2D eigenvalue weighted by molar-refractivity contribution is 0.0940. The van der Waals surface area contributed by atoms with Crippen LogP contribution in [0.15, 0.2) is 36.5 Å². The number of rotatable bonds is 6. The maximum Gasteiger partial charge on any atom is 0.263 e. The molecule has 2 atom stereocenters. The lowest BCUT2D eigenvalue weighted by atomic mass is 10.2. The van der Waals surface area contributed by atoms with Crippen LogP contribution in [0.4, 0.5) is 0 Å². The first-order valence-electron chi connectivity index (χ1n) is 6.61. The number of thioether (sulfide) groups is 1. The van der Waals surface area contributed by atoms with Gasteiger partial charge in [-0.2, -0.15) is 11.8 Å². The van der Waals surface area contributed by atoms with Crippen LogP contribution >= 0.6 is 23.1 Å². The molecule has 0 aliphatic carbocycles. The quantitative estimate of drug-likeness (QED) is 0.858. The summed E-state index contributed by atoms with van der Waals surface area (Å²) in [4.78, 5) is 17.1. The van der Waals surface area contributed by atoms with E-state index in [0.717, 1.165) is 10.6 Å². The first-order valence-corrected chi connectivity index (χ1v) is 8.72. The van der Waals surface area contributed by atoms with E-state index in [0.29, 0.717) is 4.88 Å². The molecule has 2 aromatic rings. The summed E-state index contributed by atoms with van der Waals surface area (Å²) in [5, 5.41) is 13.0. The van der Waals surface area contributed by atoms with E-state index in [1.54, 1.807) is 18.0 Å². The number of nitrogens with one attached hydrogen (secondary N) is 1. The Morgan fingerprint density at radius 1 is 1.43 bits per heavy atom. The largest absolute Gasteiger partial charge is 0.395 e. The molecule has 2 unspecified atom stereocenters. The molecule has 0 aliphatic rings. The van der Waals surface area contributed by atoms with Crippen LogP contribution in [0, 0.1) is 0 Å². The number of aliphatic hydroxyl groups is 1. The van der Waals surface area contributed by atoms with Crippen molar-refractivity contribution in [2.75, 3.05) is 12.9 Å². The van der Waals surface area contributed by atoms with E-state index < -0.39 is 0 Å². The molecular weight excluding hydrogens is 304 g/mol. The van der Waals surface area contributed by atoms with E-state index >= 15 is 0 Å². The van der Waals surface area contributed by atoms with Gasteiger partial charge in [-0.1, -0.05) is 30.3 Å². The fraction of sp³-hybridized carbons (Fsp3) is 0.333. The second-order valence-corrected chi connectivity index (χ2v) is 6.72. The fourth-order valence-corrected chi connectivity index (χ4v) is 3.35. The molecule has 1 aromatic heterocycles. The first kappa shape index (κ1) is 16.0. The van der Waals surface area contributed by atoms with Crippen LogP contribution in [0.5, 0.6) is 0 Å². The third-order valence-corrected chi connectivity index (χ3v) is 5.36. The van der Waals surface area contributed by atoms with Gasteiger partial charge in [0.1, 0.15) is 9.88 Å². The molecule has 21 heavy (non-hydrogen) atoms. The van der Waals surface area contributed by atoms with Crippen molar-refractivity contribution in [2.24, 2.45) is 0 Å². The minimum atomic E-state index is -0.144.